The van der Waals surface area contributed by atoms with Crippen LogP contribution in [0.25, 0.3) is 0 Å². The van der Waals surface area contributed by atoms with E-state index in [4.69, 9.17) is 4.42 Å². The Hall–Kier alpha value is -4.36. The first-order valence-corrected chi connectivity index (χ1v) is 13.6. The molecule has 5 rings (SSSR count). The van der Waals surface area contributed by atoms with Gasteiger partial charge in [-0.2, -0.15) is 18.2 Å². The van der Waals surface area contributed by atoms with Gasteiger partial charge in [0.1, 0.15) is 11.6 Å². The van der Waals surface area contributed by atoms with E-state index in [2.05, 4.69) is 20.6 Å². The number of anilines is 4. The maximum Gasteiger partial charge on any atom is 0.437 e. The number of urea groups is 1. The van der Waals surface area contributed by atoms with E-state index in [9.17, 15) is 27.2 Å². The molecule has 14 heteroatoms. The van der Waals surface area contributed by atoms with Gasteiger partial charge in [0, 0.05) is 39.3 Å². The fourth-order valence-corrected chi connectivity index (χ4v) is 5.11. The lowest BCUT2D eigenvalue weighted by Gasteiger charge is -2.37. The third kappa shape index (κ3) is 6.58. The van der Waals surface area contributed by atoms with Gasteiger partial charge in [0.15, 0.2) is 5.69 Å². The predicted octanol–water partition coefficient (Wildman–Crippen LogP) is 5.46. The second-order valence-corrected chi connectivity index (χ2v) is 11.1. The number of nitrogens with zero attached hydrogens (tertiary/aromatic N) is 5. The van der Waals surface area contributed by atoms with Crippen LogP contribution >= 0.6 is 0 Å². The molecule has 224 valence electrons. The third-order valence-electron chi connectivity index (χ3n) is 7.27. The van der Waals surface area contributed by atoms with Crippen LogP contribution in [-0.2, 0) is 6.18 Å². The Balaban J connectivity index is 1.20. The normalized spacial score (nSPS) is 17.2. The lowest BCUT2D eigenvalue weighted by Crippen LogP contribution is -2.50. The average Bonchev–Trinajstić information content (AvgIpc) is 3.41. The summed E-state index contributed by atoms with van der Waals surface area (Å²) in [6.07, 6.45) is -1.85. The number of halogens is 4. The Morgan fingerprint density at radius 3 is 2.36 bits per heavy atom. The van der Waals surface area contributed by atoms with Crippen molar-refractivity contribution in [2.45, 2.75) is 32.9 Å². The first kappa shape index (κ1) is 29.1. The number of nitrogens with one attached hydrogen (secondary N) is 2. The topological polar surface area (TPSA) is 107 Å². The highest BCUT2D eigenvalue weighted by atomic mass is 19.4. The number of aromatic nitrogens is 2. The summed E-state index contributed by atoms with van der Waals surface area (Å²) in [5, 5.41) is 4.98. The first-order valence-electron chi connectivity index (χ1n) is 13.6. The average molecular weight is 590 g/mol. The van der Waals surface area contributed by atoms with Crippen molar-refractivity contribution < 1.29 is 31.6 Å². The van der Waals surface area contributed by atoms with Gasteiger partial charge in [-0.15, -0.1) is 0 Å². The van der Waals surface area contributed by atoms with Crippen molar-refractivity contribution in [2.24, 2.45) is 5.41 Å². The minimum Gasteiger partial charge on any atom is -0.417 e. The minimum absolute atomic E-state index is 0.101. The van der Waals surface area contributed by atoms with Crippen molar-refractivity contribution >= 4 is 35.1 Å². The maximum absolute atomic E-state index is 13.8. The number of hydrogen-bond acceptors (Lipinski definition) is 7. The van der Waals surface area contributed by atoms with E-state index >= 15 is 0 Å². The molecule has 0 aliphatic carbocycles. The molecule has 2 aromatic heterocycles. The number of carbonyl (C=O) groups excluding carboxylic acids is 2. The largest absolute Gasteiger partial charge is 0.437 e. The highest BCUT2D eigenvalue weighted by Crippen LogP contribution is 2.37. The Kier molecular flexibility index (Phi) is 7.97. The van der Waals surface area contributed by atoms with E-state index in [1.54, 1.807) is 21.9 Å². The molecule has 1 aromatic carbocycles. The van der Waals surface area contributed by atoms with Crippen molar-refractivity contribution in [1.82, 2.24) is 14.9 Å². The molecule has 10 nitrogen and oxygen atoms in total. The molecule has 0 unspecified atom stereocenters. The number of carbonyl (C=O) groups is 2. The molecule has 2 fully saturated rings. The van der Waals surface area contributed by atoms with E-state index in [1.165, 1.54) is 30.5 Å². The number of benzene rings is 1. The van der Waals surface area contributed by atoms with Crippen LogP contribution in [-0.4, -0.2) is 66.1 Å². The summed E-state index contributed by atoms with van der Waals surface area (Å²) >= 11 is 0. The van der Waals surface area contributed by atoms with Crippen LogP contribution in [0.1, 0.15) is 42.9 Å². The van der Waals surface area contributed by atoms with Gasteiger partial charge in [0.25, 0.3) is 11.9 Å². The highest BCUT2D eigenvalue weighted by molar-refractivity contribution is 6.03. The lowest BCUT2D eigenvalue weighted by atomic mass is 9.84. The Morgan fingerprint density at radius 2 is 1.71 bits per heavy atom. The fraction of sp³-hybridized carbons (Fsp3) is 0.429. The zero-order valence-corrected chi connectivity index (χ0v) is 23.2. The van der Waals surface area contributed by atoms with Crippen LogP contribution in [0.4, 0.5) is 45.6 Å². The van der Waals surface area contributed by atoms with Crippen LogP contribution in [0.5, 0.6) is 0 Å². The summed E-state index contributed by atoms with van der Waals surface area (Å²) in [4.78, 5) is 38.5. The van der Waals surface area contributed by atoms with E-state index in [0.29, 0.717) is 45.1 Å². The van der Waals surface area contributed by atoms with Gasteiger partial charge in [0.05, 0.1) is 17.6 Å². The molecule has 2 N–H and O–H groups in total. The van der Waals surface area contributed by atoms with Crippen LogP contribution in [0.15, 0.2) is 47.0 Å². The number of alkyl halides is 3. The molecule has 0 bridgehead atoms. The lowest BCUT2D eigenvalue weighted by molar-refractivity contribution is -0.141. The van der Waals surface area contributed by atoms with Crippen molar-refractivity contribution in [3.63, 3.8) is 0 Å². The highest BCUT2D eigenvalue weighted by Gasteiger charge is 2.42. The van der Waals surface area contributed by atoms with Gasteiger partial charge in [-0.3, -0.25) is 4.79 Å². The third-order valence-corrected chi connectivity index (χ3v) is 7.27. The molecule has 0 atom stereocenters. The van der Waals surface area contributed by atoms with E-state index in [1.807, 2.05) is 18.7 Å². The van der Waals surface area contributed by atoms with Gasteiger partial charge in [-0.05, 0) is 42.5 Å². The summed E-state index contributed by atoms with van der Waals surface area (Å²) < 4.78 is 60.5. The van der Waals surface area contributed by atoms with E-state index in [0.717, 1.165) is 12.8 Å². The number of pyridine rings is 1. The van der Waals surface area contributed by atoms with Crippen molar-refractivity contribution in [2.75, 3.05) is 59.7 Å². The van der Waals surface area contributed by atoms with Crippen molar-refractivity contribution in [1.29, 1.82) is 0 Å². The standard InChI is InChI=1S/C28H31F4N7O3/c1-27(2)10-5-11-39(17-27)26-36-23(28(30,31)32)22(42-26)24(40)34-18-8-9-21(33-16-18)37-12-14-38(15-13-37)25(41)35-20-7-4-3-6-19(20)29/h3-4,6-9,16H,5,10-15,17H2,1-2H3,(H,34,40)(H,35,41). The molecule has 0 spiro atoms. The Bertz CT molecular complexity index is 1430. The summed E-state index contributed by atoms with van der Waals surface area (Å²) in [5.74, 6) is -1.95. The number of hydrogen-bond donors (Lipinski definition) is 2. The number of piperidine rings is 1. The van der Waals surface area contributed by atoms with Crippen molar-refractivity contribution in [3.8, 4) is 0 Å². The molecule has 4 heterocycles. The smallest absolute Gasteiger partial charge is 0.417 e. The van der Waals surface area contributed by atoms with Gasteiger partial charge in [-0.25, -0.2) is 14.2 Å². The second kappa shape index (κ2) is 11.5. The second-order valence-electron chi connectivity index (χ2n) is 11.1. The van der Waals surface area contributed by atoms with E-state index < -0.39 is 35.4 Å². The molecule has 0 radical (unpaired) electrons. The number of oxazole rings is 1. The number of para-hydroxylation sites is 1. The predicted molar refractivity (Wildman–Crippen MR) is 148 cm³/mol. The molecule has 0 saturated carbocycles. The van der Waals surface area contributed by atoms with Crippen molar-refractivity contribution in [3.05, 3.63) is 59.9 Å². The van der Waals surface area contributed by atoms with Gasteiger partial charge in [-0.1, -0.05) is 26.0 Å². The Labute approximate surface area is 239 Å². The monoisotopic (exact) mass is 589 g/mol. The van der Waals surface area contributed by atoms with Crippen LogP contribution < -0.4 is 20.4 Å². The van der Waals surface area contributed by atoms with Gasteiger partial charge in [0.2, 0.25) is 5.76 Å². The first-order chi connectivity index (χ1) is 19.9. The summed E-state index contributed by atoms with van der Waals surface area (Å²) in [6, 6.07) is 8.41. The Morgan fingerprint density at radius 1 is 0.976 bits per heavy atom. The van der Waals surface area contributed by atoms with Crippen LogP contribution in [0, 0.1) is 11.2 Å². The molecule has 2 aliphatic rings. The zero-order chi connectivity index (χ0) is 30.1. The molecular weight excluding hydrogens is 558 g/mol. The fourth-order valence-electron chi connectivity index (χ4n) is 5.11. The number of rotatable bonds is 5. The van der Waals surface area contributed by atoms with E-state index in [-0.39, 0.29) is 22.8 Å². The molecule has 3 amide bonds. The van der Waals surface area contributed by atoms with Gasteiger partial charge >= 0.3 is 12.2 Å². The molecular formula is C28H31F4N7O3. The minimum atomic E-state index is -4.88. The van der Waals surface area contributed by atoms with Crippen LogP contribution in [0.3, 0.4) is 0 Å². The molecule has 42 heavy (non-hydrogen) atoms. The molecule has 3 aromatic rings. The SMILES string of the molecule is CC1(C)CCCN(c2nc(C(F)(F)F)c(C(=O)Nc3ccc(N4CCN(C(=O)Nc5ccccc5F)CC4)nc3)o2)C1. The number of amides is 3. The summed E-state index contributed by atoms with van der Waals surface area (Å²) in [7, 11) is 0. The molecule has 2 aliphatic heterocycles. The maximum atomic E-state index is 13.8. The zero-order valence-electron chi connectivity index (χ0n) is 23.2. The summed E-state index contributed by atoms with van der Waals surface area (Å²) in [6.45, 7) is 6.61. The quantitative estimate of drug-likeness (QED) is 0.381. The number of piperazine rings is 1. The molecule has 2 saturated heterocycles. The van der Waals surface area contributed by atoms with Gasteiger partial charge < -0.3 is 29.8 Å². The van der Waals surface area contributed by atoms with Crippen LogP contribution in [0.2, 0.25) is 0 Å². The summed E-state index contributed by atoms with van der Waals surface area (Å²) in [5.41, 5.74) is -1.22.